The van der Waals surface area contributed by atoms with Crippen molar-refractivity contribution in [1.29, 1.82) is 0 Å². The lowest BCUT2D eigenvalue weighted by atomic mass is 10.2. The molecular formula is C15H14O4. The first kappa shape index (κ1) is 11.7. The summed E-state index contributed by atoms with van der Waals surface area (Å²) < 4.78 is 16.5. The van der Waals surface area contributed by atoms with E-state index in [1.807, 2.05) is 26.0 Å². The molecule has 0 aliphatic carbocycles. The molecule has 98 valence electrons. The summed E-state index contributed by atoms with van der Waals surface area (Å²) in [4.78, 5) is 0. The van der Waals surface area contributed by atoms with Gasteiger partial charge in [0.15, 0.2) is 11.5 Å². The van der Waals surface area contributed by atoms with Gasteiger partial charge in [-0.15, -0.1) is 0 Å². The fourth-order valence-corrected chi connectivity index (χ4v) is 1.96. The molecule has 3 rings (SSSR count). The molecular weight excluding hydrogens is 244 g/mol. The average molecular weight is 258 g/mol. The summed E-state index contributed by atoms with van der Waals surface area (Å²) in [6.07, 6.45) is 0. The van der Waals surface area contributed by atoms with Gasteiger partial charge >= 0.3 is 0 Å². The average Bonchev–Trinajstić information content (AvgIpc) is 2.82. The van der Waals surface area contributed by atoms with Crippen LogP contribution in [0.3, 0.4) is 0 Å². The van der Waals surface area contributed by atoms with Crippen LogP contribution in [0.25, 0.3) is 0 Å². The summed E-state index contributed by atoms with van der Waals surface area (Å²) in [5.41, 5.74) is 1.83. The van der Waals surface area contributed by atoms with Gasteiger partial charge in [0, 0.05) is 6.07 Å². The second-order valence-electron chi connectivity index (χ2n) is 4.55. The van der Waals surface area contributed by atoms with Crippen molar-refractivity contribution >= 4 is 0 Å². The van der Waals surface area contributed by atoms with E-state index in [1.54, 1.807) is 18.2 Å². The van der Waals surface area contributed by atoms with Gasteiger partial charge in [0.2, 0.25) is 12.5 Å². The Morgan fingerprint density at radius 2 is 1.95 bits per heavy atom. The molecule has 0 spiro atoms. The van der Waals surface area contributed by atoms with E-state index in [9.17, 15) is 5.11 Å². The number of phenolic OH excluding ortho intramolecular Hbond substituents is 1. The number of phenols is 1. The monoisotopic (exact) mass is 258 g/mol. The van der Waals surface area contributed by atoms with Crippen LogP contribution in [0.1, 0.15) is 11.1 Å². The molecule has 2 aromatic carbocycles. The second-order valence-corrected chi connectivity index (χ2v) is 4.55. The van der Waals surface area contributed by atoms with Crippen LogP contribution in [-0.2, 0) is 0 Å². The maximum atomic E-state index is 9.69. The lowest BCUT2D eigenvalue weighted by Crippen LogP contribution is -1.94. The van der Waals surface area contributed by atoms with Gasteiger partial charge in [-0.3, -0.25) is 0 Å². The molecule has 0 saturated carbocycles. The Bertz CT molecular complexity index is 634. The van der Waals surface area contributed by atoms with Crippen molar-refractivity contribution in [3.63, 3.8) is 0 Å². The Balaban J connectivity index is 1.97. The lowest BCUT2D eigenvalue weighted by Gasteiger charge is -2.10. The van der Waals surface area contributed by atoms with Crippen LogP contribution in [0.15, 0.2) is 30.3 Å². The van der Waals surface area contributed by atoms with Crippen molar-refractivity contribution in [3.8, 4) is 28.7 Å². The molecule has 4 heteroatoms. The SMILES string of the molecule is Cc1cc2c(c(Oc3ccc(C)c(O)c3)c1)OCO2. The summed E-state index contributed by atoms with van der Waals surface area (Å²) in [6, 6.07) is 8.98. The molecule has 1 aliphatic heterocycles. The van der Waals surface area contributed by atoms with E-state index in [1.165, 1.54) is 0 Å². The van der Waals surface area contributed by atoms with Gasteiger partial charge in [-0.1, -0.05) is 6.07 Å². The van der Waals surface area contributed by atoms with E-state index in [0.717, 1.165) is 11.1 Å². The highest BCUT2D eigenvalue weighted by atomic mass is 16.7. The zero-order chi connectivity index (χ0) is 13.4. The standard InChI is InChI=1S/C15H14O4/c1-9-5-13-15(18-8-17-13)14(6-9)19-11-4-3-10(2)12(16)7-11/h3-7,16H,8H2,1-2H3. The first-order valence-electron chi connectivity index (χ1n) is 6.01. The molecule has 19 heavy (non-hydrogen) atoms. The second kappa shape index (κ2) is 4.39. The molecule has 1 N–H and O–H groups in total. The van der Waals surface area contributed by atoms with Crippen LogP contribution in [0, 0.1) is 13.8 Å². The molecule has 0 fully saturated rings. The summed E-state index contributed by atoms with van der Waals surface area (Å²) >= 11 is 0. The van der Waals surface area contributed by atoms with Crippen molar-refractivity contribution in [2.24, 2.45) is 0 Å². The molecule has 0 aromatic heterocycles. The Labute approximate surface area is 111 Å². The summed E-state index contributed by atoms with van der Waals surface area (Å²) in [7, 11) is 0. The molecule has 0 bridgehead atoms. The van der Waals surface area contributed by atoms with E-state index in [2.05, 4.69) is 0 Å². The summed E-state index contributed by atoms with van der Waals surface area (Å²) in [5.74, 6) is 2.65. The normalized spacial score (nSPS) is 12.5. The van der Waals surface area contributed by atoms with Crippen molar-refractivity contribution in [1.82, 2.24) is 0 Å². The highest BCUT2D eigenvalue weighted by Gasteiger charge is 2.20. The largest absolute Gasteiger partial charge is 0.508 e. The van der Waals surface area contributed by atoms with Crippen LogP contribution in [0.2, 0.25) is 0 Å². The fraction of sp³-hybridized carbons (Fsp3) is 0.200. The third kappa shape index (κ3) is 2.17. The summed E-state index contributed by atoms with van der Waals surface area (Å²) in [5, 5.41) is 9.69. The Morgan fingerprint density at radius 1 is 1.11 bits per heavy atom. The molecule has 1 aliphatic rings. The van der Waals surface area contributed by atoms with Crippen LogP contribution in [0.5, 0.6) is 28.7 Å². The topological polar surface area (TPSA) is 47.9 Å². The van der Waals surface area contributed by atoms with Crippen molar-refractivity contribution in [3.05, 3.63) is 41.5 Å². The smallest absolute Gasteiger partial charge is 0.231 e. The first-order chi connectivity index (χ1) is 9.13. The van der Waals surface area contributed by atoms with E-state index in [0.29, 0.717) is 23.0 Å². The molecule has 4 nitrogen and oxygen atoms in total. The number of aryl methyl sites for hydroxylation is 2. The van der Waals surface area contributed by atoms with E-state index in [4.69, 9.17) is 14.2 Å². The molecule has 0 unspecified atom stereocenters. The Morgan fingerprint density at radius 3 is 2.74 bits per heavy atom. The van der Waals surface area contributed by atoms with Gasteiger partial charge in [-0.2, -0.15) is 0 Å². The van der Waals surface area contributed by atoms with E-state index >= 15 is 0 Å². The predicted molar refractivity (Wildman–Crippen MR) is 70.2 cm³/mol. The molecule has 0 radical (unpaired) electrons. The van der Waals surface area contributed by atoms with Gasteiger partial charge in [-0.05, 0) is 43.2 Å². The molecule has 2 aromatic rings. The highest BCUT2D eigenvalue weighted by molar-refractivity contribution is 5.56. The van der Waals surface area contributed by atoms with Gasteiger partial charge in [0.05, 0.1) is 0 Å². The molecule has 0 amide bonds. The van der Waals surface area contributed by atoms with Gasteiger partial charge in [0.25, 0.3) is 0 Å². The lowest BCUT2D eigenvalue weighted by molar-refractivity contribution is 0.172. The van der Waals surface area contributed by atoms with E-state index in [-0.39, 0.29) is 12.5 Å². The number of hydrogen-bond donors (Lipinski definition) is 1. The first-order valence-corrected chi connectivity index (χ1v) is 6.01. The zero-order valence-electron chi connectivity index (χ0n) is 10.8. The van der Waals surface area contributed by atoms with Gasteiger partial charge < -0.3 is 19.3 Å². The molecule has 0 atom stereocenters. The third-order valence-corrected chi connectivity index (χ3v) is 2.99. The Kier molecular flexibility index (Phi) is 2.71. The van der Waals surface area contributed by atoms with Crippen molar-refractivity contribution < 1.29 is 19.3 Å². The minimum absolute atomic E-state index is 0.203. The van der Waals surface area contributed by atoms with Crippen LogP contribution < -0.4 is 14.2 Å². The molecule has 1 heterocycles. The molecule has 0 saturated heterocycles. The number of benzene rings is 2. The van der Waals surface area contributed by atoms with Gasteiger partial charge in [-0.25, -0.2) is 0 Å². The highest BCUT2D eigenvalue weighted by Crippen LogP contribution is 2.43. The van der Waals surface area contributed by atoms with Crippen molar-refractivity contribution in [2.45, 2.75) is 13.8 Å². The van der Waals surface area contributed by atoms with Crippen LogP contribution >= 0.6 is 0 Å². The van der Waals surface area contributed by atoms with Gasteiger partial charge in [0.1, 0.15) is 11.5 Å². The maximum absolute atomic E-state index is 9.69. The number of hydrogen-bond acceptors (Lipinski definition) is 4. The minimum Gasteiger partial charge on any atom is -0.508 e. The number of aromatic hydroxyl groups is 1. The third-order valence-electron chi connectivity index (χ3n) is 2.99. The number of rotatable bonds is 2. The summed E-state index contributed by atoms with van der Waals surface area (Å²) in [6.45, 7) is 4.00. The maximum Gasteiger partial charge on any atom is 0.231 e. The fourth-order valence-electron chi connectivity index (χ4n) is 1.96. The Hall–Kier alpha value is -2.36. The zero-order valence-corrected chi connectivity index (χ0v) is 10.8. The minimum atomic E-state index is 0.203. The predicted octanol–water partition coefficient (Wildman–Crippen LogP) is 3.53. The number of fused-ring (bicyclic) bond motifs is 1. The van der Waals surface area contributed by atoms with Crippen LogP contribution in [-0.4, -0.2) is 11.9 Å². The van der Waals surface area contributed by atoms with Crippen molar-refractivity contribution in [2.75, 3.05) is 6.79 Å². The van der Waals surface area contributed by atoms with E-state index < -0.39 is 0 Å². The number of ether oxygens (including phenoxy) is 3. The quantitative estimate of drug-likeness (QED) is 0.895. The van der Waals surface area contributed by atoms with Crippen LogP contribution in [0.4, 0.5) is 0 Å².